The van der Waals surface area contributed by atoms with E-state index in [1.807, 2.05) is 24.3 Å². The van der Waals surface area contributed by atoms with Crippen molar-refractivity contribution < 1.29 is 17.9 Å². The lowest BCUT2D eigenvalue weighted by Crippen LogP contribution is -1.98. The van der Waals surface area contributed by atoms with Crippen LogP contribution in [0.15, 0.2) is 60.9 Å². The summed E-state index contributed by atoms with van der Waals surface area (Å²) in [6.45, 7) is 0. The van der Waals surface area contributed by atoms with Crippen molar-refractivity contribution in [1.29, 1.82) is 0 Å². The van der Waals surface area contributed by atoms with Gasteiger partial charge in [-0.15, -0.1) is 0 Å². The van der Waals surface area contributed by atoms with Gasteiger partial charge in [-0.25, -0.2) is 23.1 Å². The molecular formula is C25H17F3N2O. The third-order valence-corrected chi connectivity index (χ3v) is 4.83. The summed E-state index contributed by atoms with van der Waals surface area (Å²) in [5, 5.41) is 0.286. The maximum atomic E-state index is 13.8. The van der Waals surface area contributed by atoms with Crippen LogP contribution >= 0.6 is 0 Å². The van der Waals surface area contributed by atoms with Gasteiger partial charge in [0.2, 0.25) is 0 Å². The minimum Gasteiger partial charge on any atom is -0.494 e. The van der Waals surface area contributed by atoms with Crippen molar-refractivity contribution in [3.8, 4) is 17.6 Å². The summed E-state index contributed by atoms with van der Waals surface area (Å²) in [5.41, 5.74) is 2.52. The van der Waals surface area contributed by atoms with Gasteiger partial charge in [0.1, 0.15) is 5.82 Å². The zero-order chi connectivity index (χ0) is 21.8. The van der Waals surface area contributed by atoms with Crippen LogP contribution in [0.3, 0.4) is 0 Å². The monoisotopic (exact) mass is 418 g/mol. The molecule has 0 aliphatic heterocycles. The van der Waals surface area contributed by atoms with Crippen molar-refractivity contribution in [3.05, 3.63) is 101 Å². The Morgan fingerprint density at radius 3 is 2.19 bits per heavy atom. The molecule has 4 aromatic rings. The van der Waals surface area contributed by atoms with Gasteiger partial charge in [0, 0.05) is 22.9 Å². The maximum absolute atomic E-state index is 13.8. The Morgan fingerprint density at radius 1 is 0.806 bits per heavy atom. The molecule has 0 saturated heterocycles. The molecule has 0 unspecified atom stereocenters. The first-order valence-electron chi connectivity index (χ1n) is 9.56. The van der Waals surface area contributed by atoms with E-state index in [0.717, 1.165) is 29.4 Å². The van der Waals surface area contributed by atoms with Crippen molar-refractivity contribution in [1.82, 2.24) is 9.97 Å². The number of hydrogen-bond donors (Lipinski definition) is 0. The SMILES string of the molecule is COc1cnc(CCc2ccc(C#Cc3ccc4c(F)c(F)c(F)cc4c3)cc2)nc1. The van der Waals surface area contributed by atoms with E-state index in [-0.39, 0.29) is 10.8 Å². The number of fused-ring (bicyclic) bond motifs is 1. The van der Waals surface area contributed by atoms with Gasteiger partial charge >= 0.3 is 0 Å². The summed E-state index contributed by atoms with van der Waals surface area (Å²) < 4.78 is 45.7. The lowest BCUT2D eigenvalue weighted by molar-refractivity contribution is 0.410. The number of ether oxygens (including phenoxy) is 1. The summed E-state index contributed by atoms with van der Waals surface area (Å²) in [7, 11) is 1.57. The minimum absolute atomic E-state index is 0.0228. The van der Waals surface area contributed by atoms with Crippen molar-refractivity contribution in [2.75, 3.05) is 7.11 Å². The largest absolute Gasteiger partial charge is 0.494 e. The standard InChI is InChI=1S/C25H17F3N2O/c1-31-20-14-29-23(30-15-20)11-9-17-4-2-16(3-5-17)6-7-18-8-10-21-19(12-18)13-22(26)25(28)24(21)27/h2-5,8,10,12-15H,9,11H2,1H3. The fourth-order valence-electron chi connectivity index (χ4n) is 3.12. The first-order valence-corrected chi connectivity index (χ1v) is 9.56. The summed E-state index contributed by atoms with van der Waals surface area (Å²) in [5.74, 6) is 3.50. The Morgan fingerprint density at radius 2 is 1.48 bits per heavy atom. The molecule has 6 heteroatoms. The molecule has 1 heterocycles. The molecule has 0 N–H and O–H groups in total. The van der Waals surface area contributed by atoms with Crippen molar-refractivity contribution >= 4 is 10.8 Å². The van der Waals surface area contributed by atoms with E-state index in [1.54, 1.807) is 25.6 Å². The molecule has 154 valence electrons. The summed E-state index contributed by atoms with van der Waals surface area (Å²) in [6.07, 6.45) is 4.79. The van der Waals surface area contributed by atoms with Crippen LogP contribution in [0.1, 0.15) is 22.5 Å². The highest BCUT2D eigenvalue weighted by Crippen LogP contribution is 2.24. The highest BCUT2D eigenvalue weighted by atomic mass is 19.2. The quantitative estimate of drug-likeness (QED) is 0.336. The molecule has 31 heavy (non-hydrogen) atoms. The van der Waals surface area contributed by atoms with Crippen LogP contribution in [0.4, 0.5) is 13.2 Å². The minimum atomic E-state index is -1.47. The van der Waals surface area contributed by atoms with Gasteiger partial charge in [0.05, 0.1) is 19.5 Å². The first kappa shape index (κ1) is 20.4. The summed E-state index contributed by atoms with van der Waals surface area (Å²) in [6, 6.07) is 13.3. The van der Waals surface area contributed by atoms with Gasteiger partial charge in [-0.1, -0.05) is 30.0 Å². The molecule has 0 radical (unpaired) electrons. The fraction of sp³-hybridized carbons (Fsp3) is 0.120. The van der Waals surface area contributed by atoms with Crippen LogP contribution in [0.2, 0.25) is 0 Å². The van der Waals surface area contributed by atoms with Crippen molar-refractivity contribution in [2.45, 2.75) is 12.8 Å². The number of aromatic nitrogens is 2. The highest BCUT2D eigenvalue weighted by Gasteiger charge is 2.13. The maximum Gasteiger partial charge on any atom is 0.195 e. The number of halogens is 3. The lowest BCUT2D eigenvalue weighted by Gasteiger charge is -2.03. The fourth-order valence-corrected chi connectivity index (χ4v) is 3.12. The van der Waals surface area contributed by atoms with E-state index >= 15 is 0 Å². The molecule has 0 fully saturated rings. The number of aryl methyl sites for hydroxylation is 2. The van der Waals surface area contributed by atoms with E-state index in [1.165, 1.54) is 12.1 Å². The molecule has 4 rings (SSSR count). The van der Waals surface area contributed by atoms with Gasteiger partial charge < -0.3 is 4.74 Å². The molecule has 0 atom stereocenters. The van der Waals surface area contributed by atoms with Gasteiger partial charge in [-0.2, -0.15) is 0 Å². The number of nitrogens with zero attached hydrogens (tertiary/aromatic N) is 2. The van der Waals surface area contributed by atoms with E-state index in [0.29, 0.717) is 17.7 Å². The molecule has 0 amide bonds. The van der Waals surface area contributed by atoms with Gasteiger partial charge in [-0.3, -0.25) is 0 Å². The molecule has 0 aliphatic rings. The lowest BCUT2D eigenvalue weighted by atomic mass is 10.0. The smallest absolute Gasteiger partial charge is 0.195 e. The van der Waals surface area contributed by atoms with Gasteiger partial charge in [0.25, 0.3) is 0 Å². The van der Waals surface area contributed by atoms with E-state index in [2.05, 4.69) is 21.8 Å². The Kier molecular flexibility index (Phi) is 5.85. The van der Waals surface area contributed by atoms with E-state index in [9.17, 15) is 13.2 Å². The van der Waals surface area contributed by atoms with Crippen molar-refractivity contribution in [2.24, 2.45) is 0 Å². The normalized spacial score (nSPS) is 10.6. The molecule has 0 spiro atoms. The molecular weight excluding hydrogens is 401 g/mol. The second-order valence-corrected chi connectivity index (χ2v) is 6.91. The van der Waals surface area contributed by atoms with E-state index < -0.39 is 17.5 Å². The first-order chi connectivity index (χ1) is 15.0. The Hall–Kier alpha value is -3.85. The number of methoxy groups -OCH3 is 1. The number of hydrogen-bond acceptors (Lipinski definition) is 3. The third kappa shape index (κ3) is 4.67. The Labute approximate surface area is 177 Å². The molecule has 0 aliphatic carbocycles. The second kappa shape index (κ2) is 8.88. The average molecular weight is 418 g/mol. The summed E-state index contributed by atoms with van der Waals surface area (Å²) in [4.78, 5) is 8.51. The van der Waals surface area contributed by atoms with Crippen LogP contribution < -0.4 is 4.74 Å². The predicted octanol–water partition coefficient (Wildman–Crippen LogP) is 5.24. The molecule has 3 nitrogen and oxygen atoms in total. The molecule has 3 aromatic carbocycles. The predicted molar refractivity (Wildman–Crippen MR) is 112 cm³/mol. The van der Waals surface area contributed by atoms with Crippen LogP contribution in [-0.4, -0.2) is 17.1 Å². The Bertz CT molecular complexity index is 1290. The molecule has 0 bridgehead atoms. The Balaban J connectivity index is 1.45. The van der Waals surface area contributed by atoms with Crippen molar-refractivity contribution in [3.63, 3.8) is 0 Å². The van der Waals surface area contributed by atoms with Crippen LogP contribution in [0, 0.1) is 29.3 Å². The van der Waals surface area contributed by atoms with Crippen LogP contribution in [0.25, 0.3) is 10.8 Å². The molecule has 0 saturated carbocycles. The summed E-state index contributed by atoms with van der Waals surface area (Å²) >= 11 is 0. The zero-order valence-electron chi connectivity index (χ0n) is 16.6. The van der Waals surface area contributed by atoms with Crippen LogP contribution in [-0.2, 0) is 12.8 Å². The number of benzene rings is 3. The van der Waals surface area contributed by atoms with E-state index in [4.69, 9.17) is 4.74 Å². The molecule has 1 aromatic heterocycles. The van der Waals surface area contributed by atoms with Crippen LogP contribution in [0.5, 0.6) is 5.75 Å². The second-order valence-electron chi connectivity index (χ2n) is 6.91. The van der Waals surface area contributed by atoms with Gasteiger partial charge in [-0.05, 0) is 47.7 Å². The average Bonchev–Trinajstić information content (AvgIpc) is 2.81. The highest BCUT2D eigenvalue weighted by molar-refractivity contribution is 5.84. The number of rotatable bonds is 4. The zero-order valence-corrected chi connectivity index (χ0v) is 16.6. The topological polar surface area (TPSA) is 35.0 Å². The van der Waals surface area contributed by atoms with Gasteiger partial charge in [0.15, 0.2) is 23.2 Å². The third-order valence-electron chi connectivity index (χ3n) is 4.83.